The van der Waals surface area contributed by atoms with Gasteiger partial charge in [-0.3, -0.25) is 9.59 Å². The Morgan fingerprint density at radius 2 is 1.83 bits per heavy atom. The standard InChI is InChI=1S/C13H17N3O2/c1-10(8-11(2)17)15-16-13(18)9-14-12-6-4-3-5-7-12/h3-7,14H,8-9H2,1-2H3,(H,16,18)/b15-10+. The summed E-state index contributed by atoms with van der Waals surface area (Å²) >= 11 is 0. The first-order valence-corrected chi connectivity index (χ1v) is 5.68. The van der Waals surface area contributed by atoms with Gasteiger partial charge >= 0.3 is 0 Å². The maximum atomic E-state index is 11.4. The first kappa shape index (κ1) is 13.9. The van der Waals surface area contributed by atoms with Crippen molar-refractivity contribution in [3.63, 3.8) is 0 Å². The summed E-state index contributed by atoms with van der Waals surface area (Å²) in [6.45, 7) is 3.32. The number of hydrazone groups is 1. The first-order chi connectivity index (χ1) is 8.58. The van der Waals surface area contributed by atoms with E-state index in [1.807, 2.05) is 30.3 Å². The van der Waals surface area contributed by atoms with Crippen LogP contribution in [0.4, 0.5) is 5.69 Å². The molecule has 0 saturated carbocycles. The SMILES string of the molecule is CC(=O)C/C(C)=N/NC(=O)CNc1ccccc1. The van der Waals surface area contributed by atoms with Crippen LogP contribution in [-0.2, 0) is 9.59 Å². The molecule has 1 aromatic carbocycles. The second-order valence-electron chi connectivity index (χ2n) is 3.98. The van der Waals surface area contributed by atoms with Crippen LogP contribution in [0.5, 0.6) is 0 Å². The molecule has 0 aliphatic heterocycles. The fraction of sp³-hybridized carbons (Fsp3) is 0.308. The summed E-state index contributed by atoms with van der Waals surface area (Å²) in [5, 5.41) is 6.79. The molecular formula is C13H17N3O2. The third kappa shape index (κ3) is 5.79. The first-order valence-electron chi connectivity index (χ1n) is 5.68. The fourth-order valence-corrected chi connectivity index (χ4v) is 1.34. The van der Waals surface area contributed by atoms with Crippen molar-refractivity contribution >= 4 is 23.1 Å². The summed E-state index contributed by atoms with van der Waals surface area (Å²) in [5.74, 6) is -0.227. The summed E-state index contributed by atoms with van der Waals surface area (Å²) in [5.41, 5.74) is 3.86. The van der Waals surface area contributed by atoms with Crippen LogP contribution in [0.1, 0.15) is 20.3 Å². The molecule has 0 atom stereocenters. The Bertz CT molecular complexity index is 441. The number of nitrogens with one attached hydrogen (secondary N) is 2. The molecule has 1 rings (SSSR count). The van der Waals surface area contributed by atoms with Crippen molar-refractivity contribution in [2.75, 3.05) is 11.9 Å². The summed E-state index contributed by atoms with van der Waals surface area (Å²) in [4.78, 5) is 22.2. The Morgan fingerprint density at radius 3 is 2.44 bits per heavy atom. The van der Waals surface area contributed by atoms with Crippen molar-refractivity contribution in [2.45, 2.75) is 20.3 Å². The average Bonchev–Trinajstić information content (AvgIpc) is 2.34. The van der Waals surface area contributed by atoms with Crippen LogP contribution < -0.4 is 10.7 Å². The highest BCUT2D eigenvalue weighted by Gasteiger charge is 2.01. The van der Waals surface area contributed by atoms with Gasteiger partial charge in [-0.2, -0.15) is 5.10 Å². The number of para-hydroxylation sites is 1. The summed E-state index contributed by atoms with van der Waals surface area (Å²) < 4.78 is 0. The van der Waals surface area contributed by atoms with Crippen molar-refractivity contribution < 1.29 is 9.59 Å². The highest BCUT2D eigenvalue weighted by atomic mass is 16.2. The van der Waals surface area contributed by atoms with Gasteiger partial charge in [0.1, 0.15) is 5.78 Å². The van der Waals surface area contributed by atoms with E-state index in [4.69, 9.17) is 0 Å². The maximum Gasteiger partial charge on any atom is 0.259 e. The molecule has 0 bridgehead atoms. The van der Waals surface area contributed by atoms with E-state index in [1.165, 1.54) is 6.92 Å². The highest BCUT2D eigenvalue weighted by Crippen LogP contribution is 2.03. The maximum absolute atomic E-state index is 11.4. The smallest absolute Gasteiger partial charge is 0.259 e. The molecule has 18 heavy (non-hydrogen) atoms. The van der Waals surface area contributed by atoms with Crippen LogP contribution >= 0.6 is 0 Å². The number of hydrogen-bond acceptors (Lipinski definition) is 4. The number of carbonyl (C=O) groups excluding carboxylic acids is 2. The molecule has 0 unspecified atom stereocenters. The van der Waals surface area contributed by atoms with Gasteiger partial charge in [0.2, 0.25) is 0 Å². The summed E-state index contributed by atoms with van der Waals surface area (Å²) in [6.07, 6.45) is 0.256. The second-order valence-corrected chi connectivity index (χ2v) is 3.98. The molecule has 0 aliphatic rings. The largest absolute Gasteiger partial charge is 0.376 e. The Labute approximate surface area is 106 Å². The van der Waals surface area contributed by atoms with Crippen molar-refractivity contribution in [1.29, 1.82) is 0 Å². The van der Waals surface area contributed by atoms with Gasteiger partial charge in [-0.25, -0.2) is 5.43 Å². The molecule has 0 spiro atoms. The van der Waals surface area contributed by atoms with Gasteiger partial charge in [-0.05, 0) is 26.0 Å². The molecule has 1 amide bonds. The van der Waals surface area contributed by atoms with E-state index >= 15 is 0 Å². The summed E-state index contributed by atoms with van der Waals surface area (Å²) in [6, 6.07) is 9.42. The lowest BCUT2D eigenvalue weighted by atomic mass is 10.2. The minimum Gasteiger partial charge on any atom is -0.376 e. The Kier molecular flexibility index (Phi) is 5.57. The van der Waals surface area contributed by atoms with E-state index in [1.54, 1.807) is 6.92 Å². The molecule has 5 nitrogen and oxygen atoms in total. The molecule has 0 aromatic heterocycles. The molecule has 5 heteroatoms. The zero-order valence-electron chi connectivity index (χ0n) is 10.6. The predicted molar refractivity (Wildman–Crippen MR) is 71.5 cm³/mol. The third-order valence-corrected chi connectivity index (χ3v) is 2.10. The van der Waals surface area contributed by atoms with Crippen LogP contribution in [0.2, 0.25) is 0 Å². The lowest BCUT2D eigenvalue weighted by Gasteiger charge is -2.05. The van der Waals surface area contributed by atoms with E-state index in [0.29, 0.717) is 5.71 Å². The van der Waals surface area contributed by atoms with E-state index in [9.17, 15) is 9.59 Å². The zero-order valence-corrected chi connectivity index (χ0v) is 10.6. The molecule has 0 saturated heterocycles. The third-order valence-electron chi connectivity index (χ3n) is 2.10. The van der Waals surface area contributed by atoms with E-state index in [0.717, 1.165) is 5.69 Å². The van der Waals surface area contributed by atoms with Crippen molar-refractivity contribution in [3.8, 4) is 0 Å². The zero-order chi connectivity index (χ0) is 13.4. The second kappa shape index (κ2) is 7.21. The van der Waals surface area contributed by atoms with Gasteiger partial charge in [-0.15, -0.1) is 0 Å². The van der Waals surface area contributed by atoms with Crippen LogP contribution in [-0.4, -0.2) is 23.9 Å². The van der Waals surface area contributed by atoms with Crippen LogP contribution in [0.25, 0.3) is 0 Å². The molecular weight excluding hydrogens is 230 g/mol. The normalized spacial score (nSPS) is 10.9. The molecule has 2 N–H and O–H groups in total. The number of Topliss-reactive ketones (excluding diaryl/α,β-unsaturated/α-hetero) is 1. The number of nitrogens with zero attached hydrogens (tertiary/aromatic N) is 1. The monoisotopic (exact) mass is 247 g/mol. The number of benzene rings is 1. The topological polar surface area (TPSA) is 70.6 Å². The van der Waals surface area contributed by atoms with Gasteiger partial charge in [-0.1, -0.05) is 18.2 Å². The van der Waals surface area contributed by atoms with Gasteiger partial charge in [0.15, 0.2) is 0 Å². The number of carbonyl (C=O) groups is 2. The van der Waals surface area contributed by atoms with E-state index in [2.05, 4.69) is 15.8 Å². The summed E-state index contributed by atoms with van der Waals surface area (Å²) in [7, 11) is 0. The quantitative estimate of drug-likeness (QED) is 0.592. The lowest BCUT2D eigenvalue weighted by Crippen LogP contribution is -2.26. The van der Waals surface area contributed by atoms with Crippen LogP contribution in [0.15, 0.2) is 35.4 Å². The molecule has 0 heterocycles. The Balaban J connectivity index is 2.32. The Hall–Kier alpha value is -2.17. The molecule has 1 aromatic rings. The minimum absolute atomic E-state index is 0.0212. The van der Waals surface area contributed by atoms with Crippen LogP contribution in [0.3, 0.4) is 0 Å². The van der Waals surface area contributed by atoms with E-state index in [-0.39, 0.29) is 24.7 Å². The van der Waals surface area contributed by atoms with Gasteiger partial charge in [0.25, 0.3) is 5.91 Å². The number of amides is 1. The van der Waals surface area contributed by atoms with Crippen molar-refractivity contribution in [3.05, 3.63) is 30.3 Å². The van der Waals surface area contributed by atoms with E-state index < -0.39 is 0 Å². The average molecular weight is 247 g/mol. The Morgan fingerprint density at radius 1 is 1.17 bits per heavy atom. The lowest BCUT2D eigenvalue weighted by molar-refractivity contribution is -0.119. The number of rotatable bonds is 6. The van der Waals surface area contributed by atoms with Gasteiger partial charge in [0, 0.05) is 17.8 Å². The molecule has 0 aliphatic carbocycles. The van der Waals surface area contributed by atoms with Crippen molar-refractivity contribution in [2.24, 2.45) is 5.10 Å². The highest BCUT2D eigenvalue weighted by molar-refractivity contribution is 6.00. The van der Waals surface area contributed by atoms with Gasteiger partial charge in [0.05, 0.1) is 6.54 Å². The van der Waals surface area contributed by atoms with Gasteiger partial charge < -0.3 is 5.32 Å². The minimum atomic E-state index is -0.248. The molecule has 0 radical (unpaired) electrons. The van der Waals surface area contributed by atoms with Crippen molar-refractivity contribution in [1.82, 2.24) is 5.43 Å². The molecule has 0 fully saturated rings. The van der Waals surface area contributed by atoms with Crippen LogP contribution in [0, 0.1) is 0 Å². The molecule has 96 valence electrons. The number of ketones is 1. The predicted octanol–water partition coefficient (Wildman–Crippen LogP) is 1.57. The number of anilines is 1. The number of hydrogen-bond donors (Lipinski definition) is 2. The fourth-order valence-electron chi connectivity index (χ4n) is 1.34.